The number of phenols is 1. The zero-order chi connectivity index (χ0) is 24.3. The number of aliphatic hydroxyl groups excluding tert-OH is 1. The molecule has 0 heterocycles. The topological polar surface area (TPSA) is 128 Å². The van der Waals surface area contributed by atoms with E-state index in [9.17, 15) is 24.6 Å². The molecule has 0 spiro atoms. The number of carbonyl (C=O) groups excluding carboxylic acids is 3. The molecule has 0 bridgehead atoms. The number of alkyl carbamates (subject to hydrolysis) is 1. The van der Waals surface area contributed by atoms with Crippen LogP contribution in [-0.2, 0) is 14.3 Å². The van der Waals surface area contributed by atoms with Gasteiger partial charge in [-0.1, -0.05) is 38.5 Å². The van der Waals surface area contributed by atoms with Crippen LogP contribution in [0.2, 0.25) is 0 Å². The first-order chi connectivity index (χ1) is 15.1. The lowest BCUT2D eigenvalue weighted by molar-refractivity contribution is -0.143. The number of amides is 3. The van der Waals surface area contributed by atoms with E-state index < -0.39 is 42.2 Å². The van der Waals surface area contributed by atoms with E-state index in [1.807, 2.05) is 13.8 Å². The number of nitrogens with one attached hydrogen (secondary N) is 2. The highest BCUT2D eigenvalue weighted by molar-refractivity contribution is 5.92. The second-order valence-electron chi connectivity index (χ2n) is 8.52. The van der Waals surface area contributed by atoms with Crippen LogP contribution in [0.5, 0.6) is 5.75 Å². The summed E-state index contributed by atoms with van der Waals surface area (Å²) in [7, 11) is 0. The first kappa shape index (κ1) is 27.2. The summed E-state index contributed by atoms with van der Waals surface area (Å²) in [5.74, 6) is -1.23. The summed E-state index contributed by atoms with van der Waals surface area (Å²) < 4.78 is 5.19. The van der Waals surface area contributed by atoms with Gasteiger partial charge < -0.3 is 30.5 Å². The molecule has 2 atom stereocenters. The quantitative estimate of drug-likeness (QED) is 0.383. The first-order valence-electron chi connectivity index (χ1n) is 11.0. The molecule has 0 saturated heterocycles. The molecule has 180 valence electrons. The number of hydrogen-bond acceptors (Lipinski definition) is 6. The smallest absolute Gasteiger partial charge is 0.408 e. The van der Waals surface area contributed by atoms with Gasteiger partial charge >= 0.3 is 6.09 Å². The summed E-state index contributed by atoms with van der Waals surface area (Å²) in [5, 5.41) is 25.4. The third kappa shape index (κ3) is 8.37. The number of aromatic hydroxyl groups is 1. The van der Waals surface area contributed by atoms with Crippen molar-refractivity contribution in [1.29, 1.82) is 0 Å². The van der Waals surface area contributed by atoms with Gasteiger partial charge in [0.1, 0.15) is 23.4 Å². The minimum Gasteiger partial charge on any atom is -0.508 e. The molecule has 0 saturated carbocycles. The first-order valence-corrected chi connectivity index (χ1v) is 11.0. The Morgan fingerprint density at radius 3 is 2.31 bits per heavy atom. The Hall–Kier alpha value is -2.81. The van der Waals surface area contributed by atoms with Crippen LogP contribution in [0.3, 0.4) is 0 Å². The summed E-state index contributed by atoms with van der Waals surface area (Å²) in [4.78, 5) is 39.9. The highest BCUT2D eigenvalue weighted by Gasteiger charge is 2.36. The molecular weight excluding hydrogens is 414 g/mol. The number of ether oxygens (including phenoxy) is 1. The monoisotopic (exact) mass is 451 g/mol. The van der Waals surface area contributed by atoms with Crippen LogP contribution >= 0.6 is 0 Å². The molecule has 0 aromatic heterocycles. The van der Waals surface area contributed by atoms with Crippen LogP contribution < -0.4 is 10.6 Å². The Balaban J connectivity index is 3.27. The number of phenolic OH excluding ortho intramolecular Hbond substituents is 1. The third-order valence-corrected chi connectivity index (χ3v) is 4.54. The van der Waals surface area contributed by atoms with Crippen molar-refractivity contribution in [1.82, 2.24) is 15.5 Å². The number of aliphatic hydroxyl groups is 1. The van der Waals surface area contributed by atoms with Gasteiger partial charge in [0.2, 0.25) is 11.8 Å². The van der Waals surface area contributed by atoms with Gasteiger partial charge in [-0.3, -0.25) is 9.59 Å². The number of nitrogens with zero attached hydrogens (tertiary/aromatic N) is 1. The molecule has 0 fully saturated rings. The maximum atomic E-state index is 13.4. The number of rotatable bonds is 11. The molecule has 0 radical (unpaired) electrons. The van der Waals surface area contributed by atoms with Gasteiger partial charge in [-0.2, -0.15) is 0 Å². The molecule has 9 heteroatoms. The van der Waals surface area contributed by atoms with Crippen LogP contribution in [0.4, 0.5) is 4.79 Å². The van der Waals surface area contributed by atoms with Crippen molar-refractivity contribution in [3.63, 3.8) is 0 Å². The molecular formula is C23H37N3O6. The molecule has 32 heavy (non-hydrogen) atoms. The van der Waals surface area contributed by atoms with Crippen molar-refractivity contribution >= 4 is 17.9 Å². The number of para-hydroxylation sites is 1. The maximum absolute atomic E-state index is 13.4. The van der Waals surface area contributed by atoms with E-state index in [0.717, 1.165) is 12.8 Å². The number of hydrogen-bond donors (Lipinski definition) is 4. The SMILES string of the molecule is CCCCNC(=O)C(c1ccccc1O)N(CCC)C(=O)C(CO)NC(=O)OC(C)(C)C. The van der Waals surface area contributed by atoms with Crippen LogP contribution in [0, 0.1) is 0 Å². The molecule has 2 unspecified atom stereocenters. The molecule has 4 N–H and O–H groups in total. The Kier molecular flexibility index (Phi) is 11.0. The van der Waals surface area contributed by atoms with Gasteiger partial charge in [0.05, 0.1) is 6.61 Å². The summed E-state index contributed by atoms with van der Waals surface area (Å²) in [6, 6.07) is 3.86. The Labute approximate surface area is 190 Å². The minimum atomic E-state index is -1.31. The lowest BCUT2D eigenvalue weighted by Gasteiger charge is -2.34. The second kappa shape index (κ2) is 12.9. The molecule has 0 aliphatic carbocycles. The van der Waals surface area contributed by atoms with Gasteiger partial charge in [-0.05, 0) is 39.7 Å². The van der Waals surface area contributed by atoms with E-state index in [0.29, 0.717) is 13.0 Å². The van der Waals surface area contributed by atoms with E-state index in [-0.39, 0.29) is 17.9 Å². The maximum Gasteiger partial charge on any atom is 0.408 e. The summed E-state index contributed by atoms with van der Waals surface area (Å²) >= 11 is 0. The number of unbranched alkanes of at least 4 members (excludes halogenated alkanes) is 1. The molecule has 0 aliphatic heterocycles. The zero-order valence-electron chi connectivity index (χ0n) is 19.7. The standard InChI is InChI=1S/C23H37N3O6/c1-6-8-13-24-20(29)19(16-11-9-10-12-18(16)28)26(14-7-2)21(30)17(15-27)25-22(31)32-23(3,4)5/h9-12,17,19,27-28H,6-8,13-15H2,1-5H3,(H,24,29)(H,25,31). The molecule has 1 rings (SSSR count). The van der Waals surface area contributed by atoms with E-state index in [1.54, 1.807) is 39.0 Å². The van der Waals surface area contributed by atoms with Gasteiger partial charge in [-0.25, -0.2) is 4.79 Å². The Bertz CT molecular complexity index is 762. The van der Waals surface area contributed by atoms with Crippen LogP contribution in [0.1, 0.15) is 65.5 Å². The van der Waals surface area contributed by atoms with Crippen LogP contribution in [0.25, 0.3) is 0 Å². The summed E-state index contributed by atoms with van der Waals surface area (Å²) in [6.07, 6.45) is 1.31. The Morgan fingerprint density at radius 2 is 1.78 bits per heavy atom. The van der Waals surface area contributed by atoms with Crippen molar-refractivity contribution in [3.05, 3.63) is 29.8 Å². The fourth-order valence-corrected chi connectivity index (χ4v) is 3.10. The average Bonchev–Trinajstić information content (AvgIpc) is 2.71. The highest BCUT2D eigenvalue weighted by atomic mass is 16.6. The lowest BCUT2D eigenvalue weighted by atomic mass is 10.0. The highest BCUT2D eigenvalue weighted by Crippen LogP contribution is 2.29. The molecule has 1 aromatic rings. The predicted molar refractivity (Wildman–Crippen MR) is 121 cm³/mol. The Morgan fingerprint density at radius 1 is 1.12 bits per heavy atom. The zero-order valence-corrected chi connectivity index (χ0v) is 19.7. The van der Waals surface area contributed by atoms with Gasteiger partial charge in [0, 0.05) is 18.7 Å². The van der Waals surface area contributed by atoms with Crippen molar-refractivity contribution in [2.75, 3.05) is 19.7 Å². The third-order valence-electron chi connectivity index (χ3n) is 4.54. The molecule has 9 nitrogen and oxygen atoms in total. The fourth-order valence-electron chi connectivity index (χ4n) is 3.10. The van der Waals surface area contributed by atoms with E-state index in [1.165, 1.54) is 11.0 Å². The van der Waals surface area contributed by atoms with Gasteiger partial charge in [0.15, 0.2) is 0 Å². The second-order valence-corrected chi connectivity index (χ2v) is 8.52. The fraction of sp³-hybridized carbons (Fsp3) is 0.609. The average molecular weight is 452 g/mol. The predicted octanol–water partition coefficient (Wildman–Crippen LogP) is 2.47. The lowest BCUT2D eigenvalue weighted by Crippen LogP contribution is -2.54. The van der Waals surface area contributed by atoms with Crippen LogP contribution in [-0.4, -0.2) is 64.4 Å². The van der Waals surface area contributed by atoms with Crippen molar-refractivity contribution < 1.29 is 29.3 Å². The van der Waals surface area contributed by atoms with Crippen molar-refractivity contribution in [2.45, 2.75) is 71.6 Å². The van der Waals surface area contributed by atoms with Gasteiger partial charge in [-0.15, -0.1) is 0 Å². The summed E-state index contributed by atoms with van der Waals surface area (Å²) in [5.41, 5.74) is -0.523. The normalized spacial score (nSPS) is 13.1. The van der Waals surface area contributed by atoms with E-state index >= 15 is 0 Å². The number of benzene rings is 1. The van der Waals surface area contributed by atoms with E-state index in [4.69, 9.17) is 4.74 Å². The van der Waals surface area contributed by atoms with Crippen molar-refractivity contribution in [2.24, 2.45) is 0 Å². The van der Waals surface area contributed by atoms with E-state index in [2.05, 4.69) is 10.6 Å². The largest absolute Gasteiger partial charge is 0.508 e. The van der Waals surface area contributed by atoms with Gasteiger partial charge in [0.25, 0.3) is 0 Å². The minimum absolute atomic E-state index is 0.127. The van der Waals surface area contributed by atoms with Crippen LogP contribution in [0.15, 0.2) is 24.3 Å². The molecule has 0 aliphatic rings. The summed E-state index contributed by atoms with van der Waals surface area (Å²) in [6.45, 7) is 8.80. The number of carbonyl (C=O) groups is 3. The molecule has 3 amide bonds. The molecule has 1 aromatic carbocycles. The van der Waals surface area contributed by atoms with Crippen molar-refractivity contribution in [3.8, 4) is 5.75 Å².